The van der Waals surface area contributed by atoms with Crippen LogP contribution in [0.25, 0.3) is 11.6 Å². The van der Waals surface area contributed by atoms with Gasteiger partial charge in [0.15, 0.2) is 5.82 Å². The Balaban J connectivity index is 1.82. The molecular formula is C13H14N4O. The smallest absolute Gasteiger partial charge is 0.274 e. The molecule has 0 bridgehead atoms. The zero-order chi connectivity index (χ0) is 12.4. The normalized spacial score (nSPS) is 16.6. The molecular weight excluding hydrogens is 228 g/mol. The molecule has 0 atom stereocenters. The Bertz CT molecular complexity index is 572. The van der Waals surface area contributed by atoms with E-state index in [2.05, 4.69) is 15.1 Å². The van der Waals surface area contributed by atoms with Crippen LogP contribution >= 0.6 is 0 Å². The Morgan fingerprint density at radius 3 is 2.83 bits per heavy atom. The van der Waals surface area contributed by atoms with Crippen LogP contribution in [0.3, 0.4) is 0 Å². The van der Waals surface area contributed by atoms with Gasteiger partial charge in [-0.15, -0.1) is 0 Å². The number of nitrogens with one attached hydrogen (secondary N) is 1. The van der Waals surface area contributed by atoms with Crippen molar-refractivity contribution in [1.82, 2.24) is 15.1 Å². The minimum absolute atomic E-state index is 0.432. The topological polar surface area (TPSA) is 78.5 Å². The zero-order valence-corrected chi connectivity index (χ0v) is 10.0. The summed E-state index contributed by atoms with van der Waals surface area (Å²) in [6, 6.07) is 5.54. The first-order valence-corrected chi connectivity index (χ1v) is 6.30. The van der Waals surface area contributed by atoms with Gasteiger partial charge < -0.3 is 9.51 Å². The number of H-pyrrole nitrogens is 1. The van der Waals surface area contributed by atoms with Crippen molar-refractivity contribution in [3.63, 3.8) is 0 Å². The third kappa shape index (κ3) is 2.02. The maximum absolute atomic E-state index is 8.76. The van der Waals surface area contributed by atoms with Gasteiger partial charge in [0, 0.05) is 5.92 Å². The van der Waals surface area contributed by atoms with Gasteiger partial charge in [-0.3, -0.25) is 0 Å². The molecule has 0 unspecified atom stereocenters. The fraction of sp³-hybridized carbons (Fsp3) is 0.462. The molecule has 0 spiro atoms. The van der Waals surface area contributed by atoms with E-state index in [1.165, 1.54) is 19.3 Å². The molecule has 1 N–H and O–H groups in total. The Morgan fingerprint density at radius 1 is 1.28 bits per heavy atom. The number of aromatic nitrogens is 3. The first-order valence-electron chi connectivity index (χ1n) is 6.30. The number of hydrogen-bond donors (Lipinski definition) is 1. The van der Waals surface area contributed by atoms with Crippen LogP contribution in [0, 0.1) is 11.3 Å². The van der Waals surface area contributed by atoms with E-state index in [1.807, 2.05) is 6.07 Å². The molecule has 1 saturated carbocycles. The lowest BCUT2D eigenvalue weighted by atomic mass is 9.89. The molecule has 2 aromatic rings. The molecule has 0 aromatic carbocycles. The van der Waals surface area contributed by atoms with Crippen LogP contribution in [0.2, 0.25) is 0 Å². The van der Waals surface area contributed by atoms with E-state index in [1.54, 1.807) is 12.1 Å². The zero-order valence-electron chi connectivity index (χ0n) is 10.0. The van der Waals surface area contributed by atoms with Gasteiger partial charge in [0.25, 0.3) is 5.89 Å². The lowest BCUT2D eigenvalue weighted by molar-refractivity contribution is 0.385. The van der Waals surface area contributed by atoms with E-state index in [-0.39, 0.29) is 0 Å². The summed E-state index contributed by atoms with van der Waals surface area (Å²) in [5, 5.41) is 12.8. The summed E-state index contributed by atoms with van der Waals surface area (Å²) in [5.74, 6) is 1.71. The second-order valence-corrected chi connectivity index (χ2v) is 4.69. The number of aromatic amines is 1. The fourth-order valence-electron chi connectivity index (χ4n) is 2.46. The van der Waals surface area contributed by atoms with Crippen molar-refractivity contribution >= 4 is 0 Å². The van der Waals surface area contributed by atoms with Gasteiger partial charge in [-0.25, -0.2) is 0 Å². The predicted octanol–water partition coefficient (Wildman–Crippen LogP) is 2.98. The van der Waals surface area contributed by atoms with Gasteiger partial charge in [0.05, 0.1) is 0 Å². The second-order valence-electron chi connectivity index (χ2n) is 4.69. The number of nitrogens with zero attached hydrogens (tertiary/aromatic N) is 3. The van der Waals surface area contributed by atoms with Crippen LogP contribution in [0.4, 0.5) is 0 Å². The first kappa shape index (κ1) is 11.0. The Labute approximate surface area is 105 Å². The molecule has 18 heavy (non-hydrogen) atoms. The Hall–Kier alpha value is -2.09. The average molecular weight is 242 g/mol. The van der Waals surface area contributed by atoms with E-state index in [0.29, 0.717) is 23.2 Å². The SMILES string of the molecule is N#Cc1ccc(-c2nc(C3CCCCC3)no2)[nH]1. The summed E-state index contributed by atoms with van der Waals surface area (Å²) < 4.78 is 5.26. The van der Waals surface area contributed by atoms with E-state index < -0.39 is 0 Å². The molecule has 5 heteroatoms. The predicted molar refractivity (Wildman–Crippen MR) is 64.6 cm³/mol. The van der Waals surface area contributed by atoms with E-state index >= 15 is 0 Å². The van der Waals surface area contributed by atoms with Crippen LogP contribution in [0.1, 0.15) is 49.5 Å². The highest BCUT2D eigenvalue weighted by molar-refractivity contribution is 5.49. The maximum Gasteiger partial charge on any atom is 0.274 e. The minimum atomic E-state index is 0.432. The highest BCUT2D eigenvalue weighted by Gasteiger charge is 2.21. The number of hydrogen-bond acceptors (Lipinski definition) is 4. The van der Waals surface area contributed by atoms with Crippen LogP contribution in [-0.2, 0) is 0 Å². The quantitative estimate of drug-likeness (QED) is 0.878. The molecule has 1 aliphatic rings. The Kier molecular flexibility index (Phi) is 2.85. The summed E-state index contributed by atoms with van der Waals surface area (Å²) in [7, 11) is 0. The minimum Gasteiger partial charge on any atom is -0.342 e. The summed E-state index contributed by atoms with van der Waals surface area (Å²) in [4.78, 5) is 7.37. The van der Waals surface area contributed by atoms with Crippen LogP contribution < -0.4 is 0 Å². The van der Waals surface area contributed by atoms with E-state index in [4.69, 9.17) is 9.78 Å². The van der Waals surface area contributed by atoms with Gasteiger partial charge in [0.2, 0.25) is 0 Å². The van der Waals surface area contributed by atoms with Gasteiger partial charge >= 0.3 is 0 Å². The molecule has 3 rings (SSSR count). The standard InChI is InChI=1S/C13H14N4O/c14-8-10-6-7-11(15-10)13-16-12(17-18-13)9-4-2-1-3-5-9/h6-7,9,15H,1-5H2. The lowest BCUT2D eigenvalue weighted by Gasteiger charge is -2.17. The van der Waals surface area contributed by atoms with Crippen LogP contribution in [-0.4, -0.2) is 15.1 Å². The average Bonchev–Trinajstić information content (AvgIpc) is 3.08. The third-order valence-electron chi connectivity index (χ3n) is 3.45. The van der Waals surface area contributed by atoms with Crippen molar-refractivity contribution in [3.8, 4) is 17.7 Å². The molecule has 0 radical (unpaired) electrons. The van der Waals surface area contributed by atoms with Gasteiger partial charge in [-0.1, -0.05) is 24.4 Å². The van der Waals surface area contributed by atoms with Gasteiger partial charge in [-0.05, 0) is 25.0 Å². The molecule has 92 valence electrons. The monoisotopic (exact) mass is 242 g/mol. The lowest BCUT2D eigenvalue weighted by Crippen LogP contribution is -2.06. The van der Waals surface area contributed by atoms with Crippen LogP contribution in [0.15, 0.2) is 16.7 Å². The fourth-order valence-corrected chi connectivity index (χ4v) is 2.46. The maximum atomic E-state index is 8.76. The van der Waals surface area contributed by atoms with Gasteiger partial charge in [-0.2, -0.15) is 10.2 Å². The van der Waals surface area contributed by atoms with Crippen molar-refractivity contribution in [1.29, 1.82) is 5.26 Å². The van der Waals surface area contributed by atoms with Gasteiger partial charge in [0.1, 0.15) is 17.5 Å². The number of nitriles is 1. The molecule has 1 aliphatic carbocycles. The van der Waals surface area contributed by atoms with Crippen LogP contribution in [0.5, 0.6) is 0 Å². The molecule has 2 aromatic heterocycles. The highest BCUT2D eigenvalue weighted by Crippen LogP contribution is 2.31. The Morgan fingerprint density at radius 2 is 2.11 bits per heavy atom. The molecule has 0 saturated heterocycles. The molecule has 5 nitrogen and oxygen atoms in total. The molecule has 2 heterocycles. The second kappa shape index (κ2) is 4.65. The van der Waals surface area contributed by atoms with E-state index in [9.17, 15) is 0 Å². The van der Waals surface area contributed by atoms with E-state index in [0.717, 1.165) is 18.7 Å². The summed E-state index contributed by atoms with van der Waals surface area (Å²) in [6.07, 6.45) is 6.09. The number of rotatable bonds is 2. The molecule has 0 amide bonds. The van der Waals surface area contributed by atoms with Crippen molar-refractivity contribution in [2.45, 2.75) is 38.0 Å². The van der Waals surface area contributed by atoms with Crippen molar-refractivity contribution < 1.29 is 4.52 Å². The first-order chi connectivity index (χ1) is 8.86. The summed E-state index contributed by atoms with van der Waals surface area (Å²) >= 11 is 0. The molecule has 0 aliphatic heterocycles. The highest BCUT2D eigenvalue weighted by atomic mass is 16.5. The largest absolute Gasteiger partial charge is 0.342 e. The summed E-state index contributed by atoms with van der Waals surface area (Å²) in [6.45, 7) is 0. The summed E-state index contributed by atoms with van der Waals surface area (Å²) in [5.41, 5.74) is 1.21. The van der Waals surface area contributed by atoms with Crippen molar-refractivity contribution in [3.05, 3.63) is 23.7 Å². The van der Waals surface area contributed by atoms with Crippen molar-refractivity contribution in [2.24, 2.45) is 0 Å². The third-order valence-corrected chi connectivity index (χ3v) is 3.45. The molecule has 1 fully saturated rings. The van der Waals surface area contributed by atoms with Crippen molar-refractivity contribution in [2.75, 3.05) is 0 Å².